The number of allylic oxidation sites excluding steroid dienone is 1. The maximum absolute atomic E-state index is 2.28. The number of benzene rings is 1. The molecule has 0 unspecified atom stereocenters. The molecule has 0 fully saturated rings. The Kier molecular flexibility index (Phi) is 3.30. The molecule has 13 heavy (non-hydrogen) atoms. The summed E-state index contributed by atoms with van der Waals surface area (Å²) in [6.07, 6.45) is 3.41. The van der Waals surface area contributed by atoms with Gasteiger partial charge in [-0.25, -0.2) is 0 Å². The van der Waals surface area contributed by atoms with Crippen LogP contribution in [0.15, 0.2) is 23.8 Å². The first-order valence-corrected chi connectivity index (χ1v) is 4.88. The Bertz CT molecular complexity index is 319. The fourth-order valence-electron chi connectivity index (χ4n) is 1.28. The Hall–Kier alpha value is -1.04. The summed E-state index contributed by atoms with van der Waals surface area (Å²) >= 11 is 0. The van der Waals surface area contributed by atoms with Crippen LogP contribution >= 0.6 is 0 Å². The van der Waals surface area contributed by atoms with Crippen LogP contribution in [0.4, 0.5) is 0 Å². The highest BCUT2D eigenvalue weighted by Crippen LogP contribution is 2.15. The van der Waals surface area contributed by atoms with Gasteiger partial charge in [-0.2, -0.15) is 0 Å². The van der Waals surface area contributed by atoms with Crippen molar-refractivity contribution in [3.63, 3.8) is 0 Å². The number of hydrogen-bond acceptors (Lipinski definition) is 0. The second-order valence-electron chi connectivity index (χ2n) is 3.70. The predicted molar refractivity (Wildman–Crippen MR) is 59.9 cm³/mol. The van der Waals surface area contributed by atoms with Crippen molar-refractivity contribution >= 4 is 6.08 Å². The van der Waals surface area contributed by atoms with Gasteiger partial charge in [-0.3, -0.25) is 0 Å². The van der Waals surface area contributed by atoms with Gasteiger partial charge in [-0.15, -0.1) is 0 Å². The molecular formula is C13H18. The van der Waals surface area contributed by atoms with Crippen LogP contribution in [0.25, 0.3) is 6.08 Å². The first-order chi connectivity index (χ1) is 6.13. The highest BCUT2D eigenvalue weighted by molar-refractivity contribution is 5.56. The molecule has 0 aliphatic carbocycles. The second kappa shape index (κ2) is 4.27. The molecule has 70 valence electrons. The van der Waals surface area contributed by atoms with E-state index in [1.807, 2.05) is 0 Å². The summed E-state index contributed by atoms with van der Waals surface area (Å²) < 4.78 is 0. The van der Waals surface area contributed by atoms with Gasteiger partial charge in [0.2, 0.25) is 0 Å². The number of hydrogen-bond donors (Lipinski definition) is 0. The first-order valence-electron chi connectivity index (χ1n) is 4.88. The molecule has 0 heteroatoms. The van der Waals surface area contributed by atoms with Gasteiger partial charge >= 0.3 is 0 Å². The van der Waals surface area contributed by atoms with E-state index in [2.05, 4.69) is 52.0 Å². The SMILES string of the molecule is CC/C(C)=C/c1cc(C)ccc1C. The van der Waals surface area contributed by atoms with Crippen molar-refractivity contribution in [1.82, 2.24) is 0 Å². The Morgan fingerprint density at radius 2 is 2.00 bits per heavy atom. The van der Waals surface area contributed by atoms with Crippen molar-refractivity contribution in [2.45, 2.75) is 34.1 Å². The standard InChI is InChI=1S/C13H18/c1-5-10(2)8-13-9-11(3)6-7-12(13)4/h6-9H,5H2,1-4H3/b10-8+. The van der Waals surface area contributed by atoms with Gasteiger partial charge < -0.3 is 0 Å². The molecule has 0 bridgehead atoms. The molecule has 0 heterocycles. The molecule has 0 saturated heterocycles. The molecule has 0 spiro atoms. The van der Waals surface area contributed by atoms with Crippen LogP contribution in [-0.4, -0.2) is 0 Å². The zero-order valence-corrected chi connectivity index (χ0v) is 9.02. The highest BCUT2D eigenvalue weighted by Gasteiger charge is 1.95. The summed E-state index contributed by atoms with van der Waals surface area (Å²) in [5.74, 6) is 0. The van der Waals surface area contributed by atoms with E-state index in [9.17, 15) is 0 Å². The summed E-state index contributed by atoms with van der Waals surface area (Å²) in [4.78, 5) is 0. The third-order valence-electron chi connectivity index (χ3n) is 2.39. The maximum atomic E-state index is 2.28. The summed E-state index contributed by atoms with van der Waals surface area (Å²) in [7, 11) is 0. The van der Waals surface area contributed by atoms with Crippen molar-refractivity contribution in [2.75, 3.05) is 0 Å². The lowest BCUT2D eigenvalue weighted by Gasteiger charge is -2.03. The van der Waals surface area contributed by atoms with E-state index in [4.69, 9.17) is 0 Å². The van der Waals surface area contributed by atoms with Gasteiger partial charge in [0, 0.05) is 0 Å². The fourth-order valence-corrected chi connectivity index (χ4v) is 1.28. The van der Waals surface area contributed by atoms with Crippen LogP contribution in [0.5, 0.6) is 0 Å². The second-order valence-corrected chi connectivity index (χ2v) is 3.70. The first kappa shape index (κ1) is 10.0. The zero-order chi connectivity index (χ0) is 9.84. The molecule has 0 aliphatic rings. The quantitative estimate of drug-likeness (QED) is 0.632. The predicted octanol–water partition coefficient (Wildman–Crippen LogP) is 4.12. The Balaban J connectivity index is 3.07. The molecular weight excluding hydrogens is 156 g/mol. The van der Waals surface area contributed by atoms with Crippen LogP contribution in [-0.2, 0) is 0 Å². The van der Waals surface area contributed by atoms with Crippen LogP contribution in [0.2, 0.25) is 0 Å². The van der Waals surface area contributed by atoms with E-state index < -0.39 is 0 Å². The molecule has 0 aromatic heterocycles. The van der Waals surface area contributed by atoms with Crippen molar-refractivity contribution in [2.24, 2.45) is 0 Å². The van der Waals surface area contributed by atoms with Crippen molar-refractivity contribution in [3.05, 3.63) is 40.5 Å². The lowest BCUT2D eigenvalue weighted by molar-refractivity contribution is 1.11. The lowest BCUT2D eigenvalue weighted by atomic mass is 10.0. The normalized spacial score (nSPS) is 11.8. The maximum Gasteiger partial charge on any atom is -0.0225 e. The van der Waals surface area contributed by atoms with Crippen LogP contribution in [0, 0.1) is 13.8 Å². The van der Waals surface area contributed by atoms with E-state index in [-0.39, 0.29) is 0 Å². The smallest absolute Gasteiger partial charge is 0.0225 e. The molecule has 0 N–H and O–H groups in total. The molecule has 1 aromatic rings. The average Bonchev–Trinajstić information content (AvgIpc) is 2.11. The fraction of sp³-hybridized carbons (Fsp3) is 0.385. The summed E-state index contributed by atoms with van der Waals surface area (Å²) in [5.41, 5.74) is 5.49. The van der Waals surface area contributed by atoms with Crippen LogP contribution < -0.4 is 0 Å². The Labute approximate surface area is 81.3 Å². The minimum absolute atomic E-state index is 1.13. The third-order valence-corrected chi connectivity index (χ3v) is 2.39. The van der Waals surface area contributed by atoms with Gasteiger partial charge in [0.05, 0.1) is 0 Å². The molecule has 0 aliphatic heterocycles. The average molecular weight is 174 g/mol. The minimum atomic E-state index is 1.13. The van der Waals surface area contributed by atoms with Gasteiger partial charge in [0.1, 0.15) is 0 Å². The Morgan fingerprint density at radius 1 is 1.31 bits per heavy atom. The van der Waals surface area contributed by atoms with E-state index in [1.165, 1.54) is 22.3 Å². The van der Waals surface area contributed by atoms with Crippen molar-refractivity contribution < 1.29 is 0 Å². The van der Waals surface area contributed by atoms with Gasteiger partial charge in [-0.05, 0) is 38.3 Å². The zero-order valence-electron chi connectivity index (χ0n) is 9.02. The van der Waals surface area contributed by atoms with Crippen LogP contribution in [0.3, 0.4) is 0 Å². The largest absolute Gasteiger partial charge is 0.0730 e. The number of rotatable bonds is 2. The van der Waals surface area contributed by atoms with E-state index in [0.717, 1.165) is 6.42 Å². The van der Waals surface area contributed by atoms with Gasteiger partial charge in [0.25, 0.3) is 0 Å². The molecule has 1 rings (SSSR count). The lowest BCUT2D eigenvalue weighted by Crippen LogP contribution is -1.83. The van der Waals surface area contributed by atoms with E-state index >= 15 is 0 Å². The van der Waals surface area contributed by atoms with E-state index in [0.29, 0.717) is 0 Å². The monoisotopic (exact) mass is 174 g/mol. The van der Waals surface area contributed by atoms with Crippen LogP contribution in [0.1, 0.15) is 37.0 Å². The van der Waals surface area contributed by atoms with Crippen molar-refractivity contribution in [3.8, 4) is 0 Å². The summed E-state index contributed by atoms with van der Waals surface area (Å²) in [5, 5.41) is 0. The Morgan fingerprint density at radius 3 is 2.62 bits per heavy atom. The van der Waals surface area contributed by atoms with Crippen molar-refractivity contribution in [1.29, 1.82) is 0 Å². The molecule has 0 atom stereocenters. The summed E-state index contributed by atoms with van der Waals surface area (Å²) in [6, 6.07) is 6.59. The number of aryl methyl sites for hydroxylation is 2. The molecule has 0 saturated carbocycles. The molecule has 0 nitrogen and oxygen atoms in total. The summed E-state index contributed by atoms with van der Waals surface area (Å²) in [6.45, 7) is 8.67. The molecule has 0 radical (unpaired) electrons. The van der Waals surface area contributed by atoms with Gasteiger partial charge in [0.15, 0.2) is 0 Å². The minimum Gasteiger partial charge on any atom is -0.0730 e. The topological polar surface area (TPSA) is 0 Å². The third kappa shape index (κ3) is 2.73. The highest BCUT2D eigenvalue weighted by atomic mass is 14.0. The molecule has 1 aromatic carbocycles. The van der Waals surface area contributed by atoms with E-state index in [1.54, 1.807) is 0 Å². The molecule has 0 amide bonds. The van der Waals surface area contributed by atoms with Gasteiger partial charge in [-0.1, -0.05) is 42.3 Å².